The van der Waals surface area contributed by atoms with Crippen molar-refractivity contribution in [2.75, 3.05) is 0 Å². The Hall–Kier alpha value is -3.14. The molecule has 1 rings (SSSR count). The van der Waals surface area contributed by atoms with Gasteiger partial charge in [0.2, 0.25) is 0 Å². The fourth-order valence-corrected chi connectivity index (χ4v) is 3.95. The standard InChI is InChI=1S/C29H45NO9/c1-9-11-17(3)26(33)37-22-14-13-20(16-23(22)38-27(34)18(4)12-10-2)21(24(30)25(31)32)15-19(5)36-28(35)39-29(6,7)8/h13-14,16-19,21,24H,9-12,15,30H2,1-8H3,(H,31,32)/t17?,18?,19?,21?,24-/m0/s1. The van der Waals surface area contributed by atoms with Crippen LogP contribution in [0.15, 0.2) is 18.2 Å². The molecule has 0 saturated carbocycles. The molecule has 0 radical (unpaired) electrons. The van der Waals surface area contributed by atoms with Gasteiger partial charge in [-0.05, 0) is 64.7 Å². The number of carboxylic acids is 1. The van der Waals surface area contributed by atoms with Crippen molar-refractivity contribution >= 4 is 24.1 Å². The summed E-state index contributed by atoms with van der Waals surface area (Å²) in [5.74, 6) is -3.81. The third-order valence-corrected chi connectivity index (χ3v) is 6.06. The molecule has 220 valence electrons. The molecular formula is C29H45NO9. The van der Waals surface area contributed by atoms with Crippen molar-refractivity contribution in [3.05, 3.63) is 23.8 Å². The molecule has 1 aromatic carbocycles. The van der Waals surface area contributed by atoms with Crippen LogP contribution < -0.4 is 15.2 Å². The minimum Gasteiger partial charge on any atom is -0.480 e. The highest BCUT2D eigenvalue weighted by molar-refractivity contribution is 5.79. The van der Waals surface area contributed by atoms with Gasteiger partial charge in [-0.25, -0.2) is 4.79 Å². The summed E-state index contributed by atoms with van der Waals surface area (Å²) in [5.41, 5.74) is 5.69. The van der Waals surface area contributed by atoms with Crippen molar-refractivity contribution in [1.82, 2.24) is 0 Å². The highest BCUT2D eigenvalue weighted by Crippen LogP contribution is 2.35. The summed E-state index contributed by atoms with van der Waals surface area (Å²) in [6.45, 7) is 14.1. The van der Waals surface area contributed by atoms with Crippen LogP contribution in [0.25, 0.3) is 0 Å². The van der Waals surface area contributed by atoms with E-state index in [-0.39, 0.29) is 23.8 Å². The van der Waals surface area contributed by atoms with E-state index in [0.717, 1.165) is 12.8 Å². The number of carbonyl (C=O) groups is 4. The van der Waals surface area contributed by atoms with E-state index in [2.05, 4.69) is 0 Å². The van der Waals surface area contributed by atoms with E-state index >= 15 is 0 Å². The zero-order valence-corrected chi connectivity index (χ0v) is 24.4. The molecule has 0 aromatic heterocycles. The molecule has 0 bridgehead atoms. The van der Waals surface area contributed by atoms with Crippen molar-refractivity contribution in [2.45, 2.75) is 111 Å². The van der Waals surface area contributed by atoms with E-state index in [9.17, 15) is 24.3 Å². The number of hydrogen-bond donors (Lipinski definition) is 2. The smallest absolute Gasteiger partial charge is 0.480 e. The Kier molecular flexibility index (Phi) is 13.4. The van der Waals surface area contributed by atoms with Gasteiger partial charge in [0.05, 0.1) is 11.8 Å². The number of ether oxygens (including phenoxy) is 4. The Morgan fingerprint density at radius 3 is 1.87 bits per heavy atom. The first-order chi connectivity index (χ1) is 18.1. The van der Waals surface area contributed by atoms with Gasteiger partial charge in [-0.3, -0.25) is 14.4 Å². The zero-order chi connectivity index (χ0) is 29.9. The van der Waals surface area contributed by atoms with Gasteiger partial charge in [-0.1, -0.05) is 46.6 Å². The van der Waals surface area contributed by atoms with Crippen LogP contribution >= 0.6 is 0 Å². The molecular weight excluding hydrogens is 506 g/mol. The van der Waals surface area contributed by atoms with Crippen molar-refractivity contribution in [3.8, 4) is 11.5 Å². The number of rotatable bonds is 14. The molecule has 3 N–H and O–H groups in total. The van der Waals surface area contributed by atoms with Crippen molar-refractivity contribution < 1.29 is 43.2 Å². The number of carbonyl (C=O) groups excluding carboxylic acids is 3. The molecule has 4 unspecified atom stereocenters. The molecule has 39 heavy (non-hydrogen) atoms. The van der Waals surface area contributed by atoms with Crippen LogP contribution in [0.1, 0.15) is 99.0 Å². The SMILES string of the molecule is CCCC(C)C(=O)Oc1ccc(C(CC(C)OC(=O)OC(C)(C)C)[C@H](N)C(=O)O)cc1OC(=O)C(C)CCC. The second kappa shape index (κ2) is 15.5. The van der Waals surface area contributed by atoms with E-state index in [4.69, 9.17) is 24.7 Å². The lowest BCUT2D eigenvalue weighted by Crippen LogP contribution is -2.38. The third kappa shape index (κ3) is 11.6. The van der Waals surface area contributed by atoms with E-state index in [0.29, 0.717) is 18.4 Å². The van der Waals surface area contributed by atoms with Gasteiger partial charge in [0.1, 0.15) is 17.7 Å². The number of aliphatic carboxylic acids is 1. The monoisotopic (exact) mass is 551 g/mol. The van der Waals surface area contributed by atoms with E-state index < -0.39 is 53.6 Å². The Labute approximate surface area is 231 Å². The normalized spacial score (nSPS) is 15.3. The second-order valence-corrected chi connectivity index (χ2v) is 11.0. The molecule has 5 atom stereocenters. The summed E-state index contributed by atoms with van der Waals surface area (Å²) < 4.78 is 21.7. The topological polar surface area (TPSA) is 151 Å². The number of esters is 2. The maximum Gasteiger partial charge on any atom is 0.509 e. The fraction of sp³-hybridized carbons (Fsp3) is 0.655. The van der Waals surface area contributed by atoms with Gasteiger partial charge in [0.25, 0.3) is 0 Å². The Morgan fingerprint density at radius 2 is 1.41 bits per heavy atom. The van der Waals surface area contributed by atoms with Crippen LogP contribution in [-0.4, -0.2) is 46.9 Å². The molecule has 0 aliphatic heterocycles. The molecule has 10 nitrogen and oxygen atoms in total. The van der Waals surface area contributed by atoms with E-state index in [1.165, 1.54) is 12.1 Å². The summed E-state index contributed by atoms with van der Waals surface area (Å²) in [6, 6.07) is 3.11. The largest absolute Gasteiger partial charge is 0.509 e. The van der Waals surface area contributed by atoms with Gasteiger partial charge in [0, 0.05) is 5.92 Å². The van der Waals surface area contributed by atoms with E-state index in [1.54, 1.807) is 47.6 Å². The second-order valence-electron chi connectivity index (χ2n) is 11.0. The van der Waals surface area contributed by atoms with Gasteiger partial charge < -0.3 is 29.8 Å². The molecule has 0 amide bonds. The lowest BCUT2D eigenvalue weighted by Gasteiger charge is -2.26. The number of nitrogens with two attached hydrogens (primary N) is 1. The minimum absolute atomic E-state index is 0.0131. The summed E-state index contributed by atoms with van der Waals surface area (Å²) in [6.07, 6.45) is 1.21. The molecule has 0 heterocycles. The molecule has 0 aliphatic rings. The summed E-state index contributed by atoms with van der Waals surface area (Å²) in [5, 5.41) is 9.68. The predicted octanol–water partition coefficient (Wildman–Crippen LogP) is 5.60. The summed E-state index contributed by atoms with van der Waals surface area (Å²) in [7, 11) is 0. The van der Waals surface area contributed by atoms with Crippen molar-refractivity contribution in [3.63, 3.8) is 0 Å². The first kappa shape index (κ1) is 33.9. The van der Waals surface area contributed by atoms with Gasteiger partial charge in [-0.15, -0.1) is 0 Å². The average Bonchev–Trinajstić information content (AvgIpc) is 2.82. The Balaban J connectivity index is 3.38. The van der Waals surface area contributed by atoms with Gasteiger partial charge in [0.15, 0.2) is 11.5 Å². The first-order valence-corrected chi connectivity index (χ1v) is 13.5. The van der Waals surface area contributed by atoms with Crippen LogP contribution in [-0.2, 0) is 23.9 Å². The molecule has 0 fully saturated rings. The van der Waals surface area contributed by atoms with Crippen molar-refractivity contribution in [2.24, 2.45) is 17.6 Å². The van der Waals surface area contributed by atoms with Gasteiger partial charge in [-0.2, -0.15) is 0 Å². The average molecular weight is 552 g/mol. The highest BCUT2D eigenvalue weighted by Gasteiger charge is 2.31. The van der Waals surface area contributed by atoms with Crippen LogP contribution in [0.3, 0.4) is 0 Å². The highest BCUT2D eigenvalue weighted by atomic mass is 16.7. The Bertz CT molecular complexity index is 985. The fourth-order valence-electron chi connectivity index (χ4n) is 3.95. The quantitative estimate of drug-likeness (QED) is 0.221. The van der Waals surface area contributed by atoms with Gasteiger partial charge >= 0.3 is 24.1 Å². The Morgan fingerprint density at radius 1 is 0.897 bits per heavy atom. The van der Waals surface area contributed by atoms with Crippen LogP contribution in [0, 0.1) is 11.8 Å². The van der Waals surface area contributed by atoms with E-state index in [1.807, 2.05) is 13.8 Å². The van der Waals surface area contributed by atoms with Crippen LogP contribution in [0.5, 0.6) is 11.5 Å². The first-order valence-electron chi connectivity index (χ1n) is 13.5. The molecule has 0 spiro atoms. The number of hydrogen-bond acceptors (Lipinski definition) is 9. The molecule has 10 heteroatoms. The lowest BCUT2D eigenvalue weighted by atomic mass is 9.87. The maximum atomic E-state index is 12.8. The molecule has 0 saturated heterocycles. The zero-order valence-electron chi connectivity index (χ0n) is 24.4. The minimum atomic E-state index is -1.37. The summed E-state index contributed by atoms with van der Waals surface area (Å²) >= 11 is 0. The molecule has 1 aromatic rings. The third-order valence-electron chi connectivity index (χ3n) is 6.06. The van der Waals surface area contributed by atoms with Crippen LogP contribution in [0.2, 0.25) is 0 Å². The predicted molar refractivity (Wildman–Crippen MR) is 146 cm³/mol. The number of carboxylic acid groups (broad SMARTS) is 1. The maximum absolute atomic E-state index is 12.8. The van der Waals surface area contributed by atoms with Crippen LogP contribution in [0.4, 0.5) is 4.79 Å². The van der Waals surface area contributed by atoms with Crippen molar-refractivity contribution in [1.29, 1.82) is 0 Å². The number of benzene rings is 1. The summed E-state index contributed by atoms with van der Waals surface area (Å²) in [4.78, 5) is 49.4. The molecule has 0 aliphatic carbocycles. The lowest BCUT2D eigenvalue weighted by molar-refractivity contribution is -0.141.